The van der Waals surface area contributed by atoms with Gasteiger partial charge < -0.3 is 24.8 Å². The molecule has 0 radical (unpaired) electrons. The zero-order valence-electron chi connectivity index (χ0n) is 15.2. The SMILES string of the molecule is COc1ccc(NC(=O)CNc2ccc(OCC3CCCO3)cc2)cc1Cl. The van der Waals surface area contributed by atoms with E-state index in [1.807, 2.05) is 24.3 Å². The fraction of sp³-hybridized carbons (Fsp3) is 0.350. The number of anilines is 2. The maximum atomic E-state index is 12.1. The van der Waals surface area contributed by atoms with E-state index in [0.29, 0.717) is 23.1 Å². The molecule has 1 fully saturated rings. The molecule has 6 nitrogen and oxygen atoms in total. The van der Waals surface area contributed by atoms with Gasteiger partial charge in [-0.05, 0) is 55.3 Å². The number of nitrogens with one attached hydrogen (secondary N) is 2. The number of hydrogen-bond donors (Lipinski definition) is 2. The third-order valence-corrected chi connectivity index (χ3v) is 4.50. The fourth-order valence-electron chi connectivity index (χ4n) is 2.77. The first kappa shape index (κ1) is 19.3. The predicted molar refractivity (Wildman–Crippen MR) is 106 cm³/mol. The maximum absolute atomic E-state index is 12.1. The van der Waals surface area contributed by atoms with Crippen LogP contribution in [0.15, 0.2) is 42.5 Å². The monoisotopic (exact) mass is 390 g/mol. The molecular weight excluding hydrogens is 368 g/mol. The van der Waals surface area contributed by atoms with Crippen molar-refractivity contribution in [2.75, 3.05) is 37.5 Å². The highest BCUT2D eigenvalue weighted by atomic mass is 35.5. The van der Waals surface area contributed by atoms with Gasteiger partial charge in [-0.3, -0.25) is 4.79 Å². The zero-order valence-corrected chi connectivity index (χ0v) is 15.9. The molecule has 3 rings (SSSR count). The Kier molecular flexibility index (Phi) is 6.79. The number of rotatable bonds is 8. The molecule has 0 aliphatic carbocycles. The van der Waals surface area contributed by atoms with Gasteiger partial charge in [0, 0.05) is 18.0 Å². The molecule has 7 heteroatoms. The van der Waals surface area contributed by atoms with Crippen molar-refractivity contribution >= 4 is 28.9 Å². The Labute approximate surface area is 163 Å². The van der Waals surface area contributed by atoms with Gasteiger partial charge in [-0.15, -0.1) is 0 Å². The lowest BCUT2D eigenvalue weighted by Gasteiger charge is -2.12. The largest absolute Gasteiger partial charge is 0.495 e. The third-order valence-electron chi connectivity index (χ3n) is 4.20. The Morgan fingerprint density at radius 1 is 1.22 bits per heavy atom. The van der Waals surface area contributed by atoms with Gasteiger partial charge in [0.05, 0.1) is 24.8 Å². The second kappa shape index (κ2) is 9.48. The summed E-state index contributed by atoms with van der Waals surface area (Å²) in [4.78, 5) is 12.1. The number of halogens is 1. The summed E-state index contributed by atoms with van der Waals surface area (Å²) in [5, 5.41) is 6.31. The Balaban J connectivity index is 1.43. The van der Waals surface area contributed by atoms with E-state index in [9.17, 15) is 4.79 Å². The van der Waals surface area contributed by atoms with Crippen molar-refractivity contribution < 1.29 is 19.0 Å². The molecule has 0 aromatic heterocycles. The maximum Gasteiger partial charge on any atom is 0.243 e. The van der Waals surface area contributed by atoms with E-state index in [2.05, 4.69) is 10.6 Å². The van der Waals surface area contributed by atoms with Crippen molar-refractivity contribution in [1.29, 1.82) is 0 Å². The molecule has 2 N–H and O–H groups in total. The molecule has 0 bridgehead atoms. The van der Waals surface area contributed by atoms with Gasteiger partial charge in [-0.25, -0.2) is 0 Å². The quantitative estimate of drug-likeness (QED) is 0.714. The third kappa shape index (κ3) is 5.77. The first-order valence-corrected chi connectivity index (χ1v) is 9.23. The van der Waals surface area contributed by atoms with Crippen LogP contribution in [0.4, 0.5) is 11.4 Å². The molecule has 1 aliphatic heterocycles. The summed E-state index contributed by atoms with van der Waals surface area (Å²) in [7, 11) is 1.54. The van der Waals surface area contributed by atoms with Crippen LogP contribution in [0.2, 0.25) is 5.02 Å². The number of amides is 1. The van der Waals surface area contributed by atoms with Crippen LogP contribution >= 0.6 is 11.6 Å². The standard InChI is InChI=1S/C20H23ClN2O4/c1-25-19-9-6-15(11-18(19)21)23-20(24)12-22-14-4-7-16(8-5-14)27-13-17-3-2-10-26-17/h4-9,11,17,22H,2-3,10,12-13H2,1H3,(H,23,24). The van der Waals surface area contributed by atoms with Crippen LogP contribution in [0.1, 0.15) is 12.8 Å². The number of ether oxygens (including phenoxy) is 3. The topological polar surface area (TPSA) is 68.8 Å². The molecule has 1 atom stereocenters. The van der Waals surface area contributed by atoms with Crippen molar-refractivity contribution in [3.8, 4) is 11.5 Å². The van der Waals surface area contributed by atoms with E-state index in [-0.39, 0.29) is 18.6 Å². The van der Waals surface area contributed by atoms with Crippen molar-refractivity contribution in [3.05, 3.63) is 47.5 Å². The van der Waals surface area contributed by atoms with E-state index >= 15 is 0 Å². The predicted octanol–water partition coefficient (Wildman–Crippen LogP) is 3.96. The minimum absolute atomic E-state index is 0.139. The number of benzene rings is 2. The first-order chi connectivity index (χ1) is 13.1. The molecule has 2 aromatic rings. The minimum atomic E-state index is -0.171. The summed E-state index contributed by atoms with van der Waals surface area (Å²) in [6.07, 6.45) is 2.34. The summed E-state index contributed by atoms with van der Waals surface area (Å²) >= 11 is 6.06. The van der Waals surface area contributed by atoms with E-state index in [1.54, 1.807) is 25.3 Å². The lowest BCUT2D eigenvalue weighted by atomic mass is 10.2. The van der Waals surface area contributed by atoms with Crippen LogP contribution in [-0.2, 0) is 9.53 Å². The Hall–Kier alpha value is -2.44. The molecule has 1 heterocycles. The normalized spacial score (nSPS) is 16.0. The molecule has 144 valence electrons. The van der Waals surface area contributed by atoms with Gasteiger partial charge in [-0.1, -0.05) is 11.6 Å². The van der Waals surface area contributed by atoms with Crippen LogP contribution in [0, 0.1) is 0 Å². The minimum Gasteiger partial charge on any atom is -0.495 e. The summed E-state index contributed by atoms with van der Waals surface area (Å²) in [6, 6.07) is 12.6. The Morgan fingerprint density at radius 2 is 2.00 bits per heavy atom. The van der Waals surface area contributed by atoms with E-state index in [0.717, 1.165) is 30.9 Å². The number of methoxy groups -OCH3 is 1. The van der Waals surface area contributed by atoms with Crippen LogP contribution in [0.3, 0.4) is 0 Å². The highest BCUT2D eigenvalue weighted by molar-refractivity contribution is 6.32. The summed E-state index contributed by atoms with van der Waals surface area (Å²) in [5.41, 5.74) is 1.45. The van der Waals surface area contributed by atoms with Crippen LogP contribution in [-0.4, -0.2) is 38.9 Å². The van der Waals surface area contributed by atoms with Crippen molar-refractivity contribution in [2.24, 2.45) is 0 Å². The molecule has 0 spiro atoms. The molecule has 1 unspecified atom stereocenters. The van der Waals surface area contributed by atoms with Crippen LogP contribution < -0.4 is 20.1 Å². The van der Waals surface area contributed by atoms with Gasteiger partial charge in [0.25, 0.3) is 0 Å². The average molecular weight is 391 g/mol. The van der Waals surface area contributed by atoms with Gasteiger partial charge in [-0.2, -0.15) is 0 Å². The van der Waals surface area contributed by atoms with E-state index < -0.39 is 0 Å². The lowest BCUT2D eigenvalue weighted by Crippen LogP contribution is -2.21. The second-order valence-corrected chi connectivity index (χ2v) is 6.63. The lowest BCUT2D eigenvalue weighted by molar-refractivity contribution is -0.114. The van der Waals surface area contributed by atoms with Crippen molar-refractivity contribution in [2.45, 2.75) is 18.9 Å². The fourth-order valence-corrected chi connectivity index (χ4v) is 3.02. The summed E-state index contributed by atoms with van der Waals surface area (Å²) in [6.45, 7) is 1.53. The van der Waals surface area contributed by atoms with Crippen molar-refractivity contribution in [3.63, 3.8) is 0 Å². The van der Waals surface area contributed by atoms with Crippen LogP contribution in [0.5, 0.6) is 11.5 Å². The zero-order chi connectivity index (χ0) is 19.1. The Morgan fingerprint density at radius 3 is 2.67 bits per heavy atom. The average Bonchev–Trinajstić information content (AvgIpc) is 3.19. The second-order valence-electron chi connectivity index (χ2n) is 6.22. The highest BCUT2D eigenvalue weighted by Gasteiger charge is 2.15. The highest BCUT2D eigenvalue weighted by Crippen LogP contribution is 2.27. The van der Waals surface area contributed by atoms with Gasteiger partial charge in [0.15, 0.2) is 0 Å². The molecule has 1 amide bonds. The number of carbonyl (C=O) groups excluding carboxylic acids is 1. The summed E-state index contributed by atoms with van der Waals surface area (Å²) < 4.78 is 16.4. The molecule has 0 saturated carbocycles. The smallest absolute Gasteiger partial charge is 0.243 e. The van der Waals surface area contributed by atoms with E-state index in [4.69, 9.17) is 25.8 Å². The van der Waals surface area contributed by atoms with Gasteiger partial charge in [0.2, 0.25) is 5.91 Å². The van der Waals surface area contributed by atoms with E-state index in [1.165, 1.54) is 0 Å². The Bertz CT molecular complexity index is 761. The van der Waals surface area contributed by atoms with Gasteiger partial charge >= 0.3 is 0 Å². The van der Waals surface area contributed by atoms with Crippen molar-refractivity contribution in [1.82, 2.24) is 0 Å². The summed E-state index contributed by atoms with van der Waals surface area (Å²) in [5.74, 6) is 1.18. The molecule has 1 saturated heterocycles. The van der Waals surface area contributed by atoms with Gasteiger partial charge in [0.1, 0.15) is 18.1 Å². The molecule has 27 heavy (non-hydrogen) atoms. The number of carbonyl (C=O) groups is 1. The number of hydrogen-bond acceptors (Lipinski definition) is 5. The van der Waals surface area contributed by atoms with Crippen LogP contribution in [0.25, 0.3) is 0 Å². The molecule has 2 aromatic carbocycles. The first-order valence-electron chi connectivity index (χ1n) is 8.86. The molecule has 1 aliphatic rings. The molecular formula is C20H23ClN2O4.